The van der Waals surface area contributed by atoms with Crippen LogP contribution in [0.1, 0.15) is 73.2 Å². The fraction of sp³-hybridized carbons (Fsp3) is 0.489. The Kier molecular flexibility index (Phi) is 14.2. The van der Waals surface area contributed by atoms with E-state index in [4.69, 9.17) is 4.84 Å². The van der Waals surface area contributed by atoms with E-state index in [0.29, 0.717) is 67.5 Å². The zero-order valence-electron chi connectivity index (χ0n) is 35.7. The van der Waals surface area contributed by atoms with Crippen LogP contribution in [0.15, 0.2) is 53.4 Å². The van der Waals surface area contributed by atoms with Crippen LogP contribution in [0.3, 0.4) is 0 Å². The van der Waals surface area contributed by atoms with Crippen LogP contribution in [0.4, 0.5) is 26.0 Å². The van der Waals surface area contributed by atoms with Crippen molar-refractivity contribution in [2.24, 2.45) is 24.8 Å². The van der Waals surface area contributed by atoms with Gasteiger partial charge in [-0.15, -0.1) is 0 Å². The highest BCUT2D eigenvalue weighted by molar-refractivity contribution is 9.10. The van der Waals surface area contributed by atoms with Crippen LogP contribution in [-0.4, -0.2) is 113 Å². The van der Waals surface area contributed by atoms with E-state index >= 15 is 4.39 Å². The Morgan fingerprint density at radius 2 is 1.66 bits per heavy atom. The van der Waals surface area contributed by atoms with Gasteiger partial charge >= 0.3 is 0 Å². The van der Waals surface area contributed by atoms with Gasteiger partial charge in [-0.3, -0.25) is 39.0 Å². The Hall–Kier alpha value is -5.53. The van der Waals surface area contributed by atoms with Gasteiger partial charge in [-0.1, -0.05) is 15.9 Å². The third kappa shape index (κ3) is 10.4. The van der Waals surface area contributed by atoms with Gasteiger partial charge in [0.1, 0.15) is 17.2 Å². The third-order valence-electron chi connectivity index (χ3n) is 13.1. The van der Waals surface area contributed by atoms with Crippen molar-refractivity contribution in [3.63, 3.8) is 0 Å². The summed E-state index contributed by atoms with van der Waals surface area (Å²) in [5.41, 5.74) is 3.12. The first-order valence-corrected chi connectivity index (χ1v) is 22.8. The summed E-state index contributed by atoms with van der Waals surface area (Å²) in [5.74, 6) is -1.92. The summed E-state index contributed by atoms with van der Waals surface area (Å²) in [6.45, 7) is 5.88. The minimum Gasteiger partial charge on any atom is -0.357 e. The van der Waals surface area contributed by atoms with Crippen molar-refractivity contribution in [2.45, 2.75) is 57.3 Å². The van der Waals surface area contributed by atoms with Gasteiger partial charge in [-0.05, 0) is 92.8 Å². The van der Waals surface area contributed by atoms with Crippen molar-refractivity contribution in [3.8, 4) is 0 Å². The largest absolute Gasteiger partial charge is 0.357 e. The summed E-state index contributed by atoms with van der Waals surface area (Å²) >= 11 is 3.20. The Labute approximate surface area is 377 Å². The molecule has 1 atom stereocenters. The molecule has 16 nitrogen and oxygen atoms in total. The molecule has 340 valence electrons. The lowest BCUT2D eigenvalue weighted by Gasteiger charge is -2.40. The van der Waals surface area contributed by atoms with E-state index in [9.17, 15) is 28.4 Å². The zero-order valence-corrected chi connectivity index (χ0v) is 37.3. The molecular formula is C45H53BrF2N10O6. The highest BCUT2D eigenvalue weighted by Gasteiger charge is 2.34. The van der Waals surface area contributed by atoms with Crippen LogP contribution in [-0.2, 0) is 31.1 Å². The summed E-state index contributed by atoms with van der Waals surface area (Å²) in [6.07, 6.45) is 8.59. The monoisotopic (exact) mass is 946 g/mol. The molecule has 0 bridgehead atoms. The maximum Gasteiger partial charge on any atom is 0.277 e. The minimum atomic E-state index is -0.829. The van der Waals surface area contributed by atoms with Gasteiger partial charge in [0.15, 0.2) is 5.82 Å². The van der Waals surface area contributed by atoms with Gasteiger partial charge in [0, 0.05) is 88.3 Å². The maximum atomic E-state index is 15.7. The molecule has 4 N–H and O–H groups in total. The summed E-state index contributed by atoms with van der Waals surface area (Å²) in [6, 6.07) is 9.51. The molecular weight excluding hydrogens is 894 g/mol. The average molecular weight is 948 g/mol. The molecule has 5 heterocycles. The average Bonchev–Trinajstić information content (AvgIpc) is 3.68. The molecule has 1 saturated carbocycles. The summed E-state index contributed by atoms with van der Waals surface area (Å²) < 4.78 is 32.4. The number of halogens is 3. The molecule has 1 aliphatic carbocycles. The van der Waals surface area contributed by atoms with Crippen LogP contribution >= 0.6 is 15.9 Å². The number of imide groups is 1. The number of piperidine rings is 2. The number of nitrogens with one attached hydrogen (secondary N) is 4. The van der Waals surface area contributed by atoms with Crippen LogP contribution in [0.25, 0.3) is 11.0 Å². The third-order valence-corrected chi connectivity index (χ3v) is 13.6. The number of piperazine rings is 1. The highest BCUT2D eigenvalue weighted by Crippen LogP contribution is 2.34. The molecule has 1 unspecified atom stereocenters. The number of nitrogens with zero attached hydrogens (tertiary/aromatic N) is 6. The molecule has 4 aliphatic rings. The minimum absolute atomic E-state index is 0.00775. The van der Waals surface area contributed by atoms with Crippen LogP contribution in [0.5, 0.6) is 0 Å². The van der Waals surface area contributed by atoms with E-state index in [1.807, 2.05) is 17.0 Å². The lowest BCUT2D eigenvalue weighted by atomic mass is 9.81. The van der Waals surface area contributed by atoms with Crippen molar-refractivity contribution < 1.29 is 37.6 Å². The standard InChI is InChI=1S/C45H53BrF2N10O6/c1-55-26-51-41-36(55)24-33(40(39(41)48)52-35-8-6-31(46)23-34(35)47)44(62)54-64-21-14-50-42(60)28-2-4-29(5-3-28)45(63)58-19-17-56(18-20-58)25-27-11-15-57(16-12-27)37-22-30(10-13-49-37)32-7-9-38(59)53-43(32)61/h6,8,10,13,22-24,26-29,32,52H,2-5,7,9,11-12,14-21,25H2,1H3,(H,50,60)(H,54,62)(H,53,59,61). The van der Waals surface area contributed by atoms with E-state index in [-0.39, 0.29) is 77.0 Å². The quantitative estimate of drug-likeness (QED) is 0.0812. The fourth-order valence-corrected chi connectivity index (χ4v) is 9.68. The number of anilines is 3. The number of imidazole rings is 1. The second-order valence-corrected chi connectivity index (χ2v) is 18.1. The number of hydrogen-bond donors (Lipinski definition) is 4. The van der Waals surface area contributed by atoms with E-state index in [2.05, 4.69) is 57.1 Å². The first kappa shape index (κ1) is 45.1. The molecule has 8 rings (SSSR count). The number of aromatic nitrogens is 3. The topological polar surface area (TPSA) is 183 Å². The second kappa shape index (κ2) is 20.1. The van der Waals surface area contributed by atoms with Crippen LogP contribution < -0.4 is 26.3 Å². The predicted molar refractivity (Wildman–Crippen MR) is 237 cm³/mol. The Morgan fingerprint density at radius 1 is 0.906 bits per heavy atom. The van der Waals surface area contributed by atoms with Gasteiger partial charge in [0.25, 0.3) is 5.91 Å². The van der Waals surface area contributed by atoms with Crippen molar-refractivity contribution >= 4 is 73.7 Å². The molecule has 0 spiro atoms. The number of amides is 5. The van der Waals surface area contributed by atoms with E-state index < -0.39 is 17.5 Å². The normalized spacial score (nSPS) is 21.2. The molecule has 2 aromatic heterocycles. The van der Waals surface area contributed by atoms with Gasteiger partial charge < -0.3 is 25.0 Å². The van der Waals surface area contributed by atoms with Crippen LogP contribution in [0.2, 0.25) is 0 Å². The second-order valence-electron chi connectivity index (χ2n) is 17.2. The molecule has 0 radical (unpaired) electrons. The number of benzene rings is 2. The number of carbonyl (C=O) groups excluding carboxylic acids is 5. The smallest absolute Gasteiger partial charge is 0.277 e. The van der Waals surface area contributed by atoms with Crippen molar-refractivity contribution in [1.82, 2.24) is 40.4 Å². The Balaban J connectivity index is 0.723. The van der Waals surface area contributed by atoms with Crippen molar-refractivity contribution in [2.75, 3.05) is 69.2 Å². The number of hydrogen-bond acceptors (Lipinski definition) is 11. The molecule has 3 aliphatic heterocycles. The van der Waals surface area contributed by atoms with E-state index in [0.717, 1.165) is 56.9 Å². The Morgan fingerprint density at radius 3 is 2.39 bits per heavy atom. The molecule has 64 heavy (non-hydrogen) atoms. The molecule has 2 aromatic carbocycles. The number of pyridine rings is 1. The molecule has 5 amide bonds. The SMILES string of the molecule is Cn1cnc2c(F)c(Nc3ccc(Br)cc3F)c(C(=O)NOCCNC(=O)C3CCC(C(=O)N4CCN(CC5CCN(c6cc(C7CCC(=O)NC7=O)ccn6)CC5)CC4)CC3)cc21. The van der Waals surface area contributed by atoms with Crippen LogP contribution in [0, 0.1) is 29.4 Å². The number of hydroxylamine groups is 1. The summed E-state index contributed by atoms with van der Waals surface area (Å²) in [7, 11) is 1.66. The maximum absolute atomic E-state index is 15.7. The Bertz CT molecular complexity index is 2390. The lowest BCUT2D eigenvalue weighted by molar-refractivity contribution is -0.140. The van der Waals surface area contributed by atoms with Crippen molar-refractivity contribution in [1.29, 1.82) is 0 Å². The number of rotatable bonds is 13. The van der Waals surface area contributed by atoms with Gasteiger partial charge in [-0.25, -0.2) is 24.2 Å². The fourth-order valence-electron chi connectivity index (χ4n) is 9.35. The first-order chi connectivity index (χ1) is 30.9. The van der Waals surface area contributed by atoms with Crippen molar-refractivity contribution in [3.05, 3.63) is 76.2 Å². The predicted octanol–water partition coefficient (Wildman–Crippen LogP) is 4.92. The van der Waals surface area contributed by atoms with Gasteiger partial charge in [-0.2, -0.15) is 0 Å². The first-order valence-electron chi connectivity index (χ1n) is 22.0. The highest BCUT2D eigenvalue weighted by atomic mass is 79.9. The number of aryl methyl sites for hydroxylation is 1. The van der Waals surface area contributed by atoms with Gasteiger partial charge in [0.2, 0.25) is 23.6 Å². The molecule has 4 aromatic rings. The van der Waals surface area contributed by atoms with Gasteiger partial charge in [0.05, 0.1) is 41.3 Å². The number of carbonyl (C=O) groups is 5. The summed E-state index contributed by atoms with van der Waals surface area (Å²) in [5, 5.41) is 8.00. The van der Waals surface area contributed by atoms with E-state index in [1.54, 1.807) is 23.9 Å². The molecule has 19 heteroatoms. The zero-order chi connectivity index (χ0) is 44.9. The molecule has 4 fully saturated rings. The summed E-state index contributed by atoms with van der Waals surface area (Å²) in [4.78, 5) is 84.6. The lowest BCUT2D eigenvalue weighted by Crippen LogP contribution is -2.52. The molecule has 3 saturated heterocycles. The number of fused-ring (bicyclic) bond motifs is 1. The van der Waals surface area contributed by atoms with E-state index in [1.165, 1.54) is 24.5 Å².